The van der Waals surface area contributed by atoms with Crippen LogP contribution in [0.3, 0.4) is 0 Å². The van der Waals surface area contributed by atoms with E-state index in [2.05, 4.69) is 15.2 Å². The van der Waals surface area contributed by atoms with E-state index in [1.165, 1.54) is 0 Å². The first-order valence-electron chi connectivity index (χ1n) is 7.53. The van der Waals surface area contributed by atoms with E-state index >= 15 is 0 Å². The Hall–Kier alpha value is -2.76. The number of nitrogens with zero attached hydrogens (tertiary/aromatic N) is 5. The molecule has 116 valence electrons. The van der Waals surface area contributed by atoms with Gasteiger partial charge in [0.05, 0.1) is 12.2 Å². The zero-order valence-corrected chi connectivity index (χ0v) is 12.7. The molecule has 6 heteroatoms. The Labute approximate surface area is 133 Å². The van der Waals surface area contributed by atoms with Crippen molar-refractivity contribution >= 4 is 12.2 Å². The highest BCUT2D eigenvalue weighted by Gasteiger charge is 2.34. The molecule has 0 N–H and O–H groups in total. The largest absolute Gasteiger partial charge is 0.275 e. The van der Waals surface area contributed by atoms with Crippen molar-refractivity contribution in [1.82, 2.24) is 24.5 Å². The average Bonchev–Trinajstić information content (AvgIpc) is 3.23. The Morgan fingerprint density at radius 2 is 2.04 bits per heavy atom. The first-order chi connectivity index (χ1) is 11.2. The van der Waals surface area contributed by atoms with E-state index in [-0.39, 0.29) is 6.04 Å². The molecule has 0 saturated heterocycles. The number of halogens is 1. The first kappa shape index (κ1) is 13.9. The van der Waals surface area contributed by atoms with Crippen LogP contribution in [-0.4, -0.2) is 24.5 Å². The van der Waals surface area contributed by atoms with Crippen molar-refractivity contribution in [1.29, 1.82) is 0 Å². The van der Waals surface area contributed by atoms with Gasteiger partial charge in [-0.05, 0) is 17.7 Å². The SMILES string of the molecule is Cn1cc(/C=C/c2nc3n(n2)[C@H](c2ccccc2)C[C@@H]3F)cn1. The second-order valence-electron chi connectivity index (χ2n) is 5.68. The topological polar surface area (TPSA) is 48.5 Å². The summed E-state index contributed by atoms with van der Waals surface area (Å²) in [5.74, 6) is 0.928. The highest BCUT2D eigenvalue weighted by Crippen LogP contribution is 2.39. The Bertz CT molecular complexity index is 849. The van der Waals surface area contributed by atoms with E-state index in [0.717, 1.165) is 11.1 Å². The van der Waals surface area contributed by atoms with E-state index in [4.69, 9.17) is 0 Å². The van der Waals surface area contributed by atoms with Crippen LogP contribution in [0, 0.1) is 0 Å². The predicted molar refractivity (Wildman–Crippen MR) is 85.2 cm³/mol. The van der Waals surface area contributed by atoms with Crippen LogP contribution < -0.4 is 0 Å². The van der Waals surface area contributed by atoms with Gasteiger partial charge in [-0.1, -0.05) is 30.3 Å². The molecule has 0 bridgehead atoms. The lowest BCUT2D eigenvalue weighted by Gasteiger charge is -2.11. The molecule has 0 unspecified atom stereocenters. The summed E-state index contributed by atoms with van der Waals surface area (Å²) >= 11 is 0. The number of benzene rings is 1. The van der Waals surface area contributed by atoms with E-state index in [9.17, 15) is 4.39 Å². The van der Waals surface area contributed by atoms with Gasteiger partial charge in [-0.25, -0.2) is 14.1 Å². The summed E-state index contributed by atoms with van der Waals surface area (Å²) in [4.78, 5) is 4.33. The number of aryl methyl sites for hydroxylation is 1. The quantitative estimate of drug-likeness (QED) is 0.746. The van der Waals surface area contributed by atoms with Crippen LogP contribution in [0.5, 0.6) is 0 Å². The smallest absolute Gasteiger partial charge is 0.174 e. The predicted octanol–water partition coefficient (Wildman–Crippen LogP) is 3.19. The molecule has 5 nitrogen and oxygen atoms in total. The van der Waals surface area contributed by atoms with Gasteiger partial charge in [0.2, 0.25) is 0 Å². The van der Waals surface area contributed by atoms with Crippen molar-refractivity contribution in [2.75, 3.05) is 0 Å². The fourth-order valence-corrected chi connectivity index (χ4v) is 2.92. The minimum absolute atomic E-state index is 0.0887. The molecule has 0 radical (unpaired) electrons. The van der Waals surface area contributed by atoms with Crippen molar-refractivity contribution in [3.63, 3.8) is 0 Å². The number of hydrogen-bond acceptors (Lipinski definition) is 3. The fraction of sp³-hybridized carbons (Fsp3) is 0.235. The monoisotopic (exact) mass is 309 g/mol. The third-order valence-electron chi connectivity index (χ3n) is 4.01. The fourth-order valence-electron chi connectivity index (χ4n) is 2.92. The van der Waals surface area contributed by atoms with Gasteiger partial charge in [-0.2, -0.15) is 10.2 Å². The van der Waals surface area contributed by atoms with Crippen molar-refractivity contribution in [2.45, 2.75) is 18.6 Å². The van der Waals surface area contributed by atoms with Gasteiger partial charge in [0, 0.05) is 25.2 Å². The second kappa shape index (κ2) is 5.46. The molecule has 3 heterocycles. The lowest BCUT2D eigenvalue weighted by Crippen LogP contribution is -2.07. The lowest BCUT2D eigenvalue weighted by molar-refractivity contribution is 0.328. The van der Waals surface area contributed by atoms with E-state index in [1.54, 1.807) is 21.6 Å². The maximum atomic E-state index is 14.3. The normalized spacial score (nSPS) is 20.3. The number of aromatic nitrogens is 5. The van der Waals surface area contributed by atoms with Crippen LogP contribution in [0.1, 0.15) is 41.4 Å². The Balaban J connectivity index is 1.64. The van der Waals surface area contributed by atoms with Gasteiger partial charge in [-0.15, -0.1) is 0 Å². The molecule has 1 aliphatic rings. The van der Waals surface area contributed by atoms with Crippen LogP contribution in [0.25, 0.3) is 12.2 Å². The van der Waals surface area contributed by atoms with Gasteiger partial charge < -0.3 is 0 Å². The Morgan fingerprint density at radius 1 is 1.22 bits per heavy atom. The van der Waals surface area contributed by atoms with Crippen LogP contribution in [-0.2, 0) is 7.05 Å². The minimum Gasteiger partial charge on any atom is -0.275 e. The number of rotatable bonds is 3. The van der Waals surface area contributed by atoms with Gasteiger partial charge in [-0.3, -0.25) is 4.68 Å². The van der Waals surface area contributed by atoms with Crippen molar-refractivity contribution < 1.29 is 4.39 Å². The summed E-state index contributed by atoms with van der Waals surface area (Å²) in [6.45, 7) is 0. The third-order valence-corrected chi connectivity index (χ3v) is 4.01. The molecule has 1 aliphatic heterocycles. The van der Waals surface area contributed by atoms with Crippen LogP contribution >= 0.6 is 0 Å². The summed E-state index contributed by atoms with van der Waals surface area (Å²) in [5, 5.41) is 8.57. The Kier molecular flexibility index (Phi) is 3.29. The first-order valence-corrected chi connectivity index (χ1v) is 7.53. The zero-order valence-electron chi connectivity index (χ0n) is 12.7. The Morgan fingerprint density at radius 3 is 2.78 bits per heavy atom. The molecule has 0 fully saturated rings. The summed E-state index contributed by atoms with van der Waals surface area (Å²) in [6, 6.07) is 9.78. The third kappa shape index (κ3) is 2.56. The highest BCUT2D eigenvalue weighted by molar-refractivity contribution is 5.65. The minimum atomic E-state index is -1.08. The molecule has 0 saturated carbocycles. The summed E-state index contributed by atoms with van der Waals surface area (Å²) < 4.78 is 17.7. The molecule has 0 aliphatic carbocycles. The van der Waals surface area contributed by atoms with E-state index < -0.39 is 6.17 Å². The standard InChI is InChI=1S/C17H16FN5/c1-22-11-12(10-19-22)7-8-16-20-17-14(18)9-15(23(17)21-16)13-5-3-2-4-6-13/h2-8,10-11,14-15H,9H2,1H3/b8-7+/t14-,15-/m0/s1. The van der Waals surface area contributed by atoms with Crippen LogP contribution in [0.4, 0.5) is 4.39 Å². The molecular formula is C17H16FN5. The van der Waals surface area contributed by atoms with Gasteiger partial charge in [0.25, 0.3) is 0 Å². The molecule has 0 amide bonds. The molecule has 0 spiro atoms. The van der Waals surface area contributed by atoms with Gasteiger partial charge in [0.15, 0.2) is 17.8 Å². The highest BCUT2D eigenvalue weighted by atomic mass is 19.1. The number of alkyl halides is 1. The van der Waals surface area contributed by atoms with Crippen LogP contribution in [0.15, 0.2) is 42.7 Å². The maximum absolute atomic E-state index is 14.3. The zero-order chi connectivity index (χ0) is 15.8. The van der Waals surface area contributed by atoms with Crippen molar-refractivity contribution in [3.8, 4) is 0 Å². The summed E-state index contributed by atoms with van der Waals surface area (Å²) in [6.07, 6.45) is 6.63. The number of fused-ring (bicyclic) bond motifs is 1. The van der Waals surface area contributed by atoms with Crippen molar-refractivity contribution in [3.05, 3.63) is 65.5 Å². The van der Waals surface area contributed by atoms with E-state index in [0.29, 0.717) is 18.1 Å². The van der Waals surface area contributed by atoms with Gasteiger partial charge >= 0.3 is 0 Å². The average molecular weight is 309 g/mol. The van der Waals surface area contributed by atoms with Crippen molar-refractivity contribution in [2.24, 2.45) is 7.05 Å². The molecule has 3 aromatic rings. The number of hydrogen-bond donors (Lipinski definition) is 0. The molecule has 23 heavy (non-hydrogen) atoms. The maximum Gasteiger partial charge on any atom is 0.174 e. The van der Waals surface area contributed by atoms with Crippen LogP contribution in [0.2, 0.25) is 0 Å². The second-order valence-corrected chi connectivity index (χ2v) is 5.68. The molecule has 1 aromatic carbocycles. The van der Waals surface area contributed by atoms with E-state index in [1.807, 2.05) is 49.7 Å². The lowest BCUT2D eigenvalue weighted by atomic mass is 10.0. The molecule has 2 atom stereocenters. The summed E-state index contributed by atoms with van der Waals surface area (Å²) in [5.41, 5.74) is 2.01. The molecule has 4 rings (SSSR count). The molecule has 2 aromatic heterocycles. The van der Waals surface area contributed by atoms with Gasteiger partial charge in [0.1, 0.15) is 0 Å². The molecular weight excluding hydrogens is 293 g/mol. The summed E-state index contributed by atoms with van der Waals surface area (Å²) in [7, 11) is 1.86.